The Bertz CT molecular complexity index is 479. The molecule has 2 heteroatoms. The molecule has 0 heterocycles. The average molecular weight is 301 g/mol. The van der Waals surface area contributed by atoms with E-state index in [1.165, 1.54) is 24.8 Å². The Hall–Kier alpha value is -1.57. The van der Waals surface area contributed by atoms with Gasteiger partial charge in [-0.05, 0) is 36.0 Å². The van der Waals surface area contributed by atoms with Crippen LogP contribution < -0.4 is 5.32 Å². The van der Waals surface area contributed by atoms with Crippen molar-refractivity contribution in [1.29, 1.82) is 0 Å². The van der Waals surface area contributed by atoms with Gasteiger partial charge in [0.2, 0.25) is 5.91 Å². The number of carbonyl (C=O) groups excluding carboxylic acids is 1. The molecular weight excluding hydrogens is 270 g/mol. The zero-order valence-electron chi connectivity index (χ0n) is 14.8. The lowest BCUT2D eigenvalue weighted by Crippen LogP contribution is -2.30. The van der Waals surface area contributed by atoms with E-state index < -0.39 is 0 Å². The van der Waals surface area contributed by atoms with E-state index in [9.17, 15) is 4.79 Å². The molecule has 0 aliphatic carbocycles. The highest BCUT2D eigenvalue weighted by atomic mass is 16.1. The van der Waals surface area contributed by atoms with Gasteiger partial charge in [0, 0.05) is 12.1 Å². The number of rotatable bonds is 7. The minimum atomic E-state index is -0.0103. The number of carbonyl (C=O) groups is 1. The summed E-state index contributed by atoms with van der Waals surface area (Å²) in [5.41, 5.74) is 2.52. The standard InChI is InChI=1S/C20H31NO/c1-6-7-8-9-16(2)21-19(22)15-12-17-10-13-18(14-11-17)20(3,4)5/h10-16H,6-9H2,1-5H3,(H,21,22)/b15-12+. The van der Waals surface area contributed by atoms with Gasteiger partial charge in [0.05, 0.1) is 0 Å². The molecule has 2 nitrogen and oxygen atoms in total. The normalized spacial score (nSPS) is 13.3. The molecule has 1 amide bonds. The fourth-order valence-corrected chi connectivity index (χ4v) is 2.33. The van der Waals surface area contributed by atoms with Gasteiger partial charge in [0.15, 0.2) is 0 Å². The molecule has 122 valence electrons. The SMILES string of the molecule is CCCCCC(C)NC(=O)/C=C/c1ccc(C(C)(C)C)cc1. The van der Waals surface area contributed by atoms with Crippen molar-refractivity contribution in [1.82, 2.24) is 5.32 Å². The van der Waals surface area contributed by atoms with Crippen molar-refractivity contribution in [3.63, 3.8) is 0 Å². The molecule has 0 spiro atoms. The van der Waals surface area contributed by atoms with Gasteiger partial charge in [-0.25, -0.2) is 0 Å². The van der Waals surface area contributed by atoms with E-state index in [2.05, 4.69) is 64.2 Å². The van der Waals surface area contributed by atoms with Crippen LogP contribution in [0.2, 0.25) is 0 Å². The van der Waals surface area contributed by atoms with Crippen LogP contribution in [-0.2, 0) is 10.2 Å². The maximum Gasteiger partial charge on any atom is 0.244 e. The van der Waals surface area contributed by atoms with Crippen LogP contribution in [0.4, 0.5) is 0 Å². The summed E-state index contributed by atoms with van der Waals surface area (Å²) in [7, 11) is 0. The molecule has 22 heavy (non-hydrogen) atoms. The molecule has 0 saturated heterocycles. The Morgan fingerprint density at radius 2 is 1.82 bits per heavy atom. The summed E-state index contributed by atoms with van der Waals surface area (Å²) in [6.07, 6.45) is 8.17. The van der Waals surface area contributed by atoms with E-state index in [0.717, 1.165) is 12.0 Å². The minimum Gasteiger partial charge on any atom is -0.350 e. The predicted octanol–water partition coefficient (Wildman–Crippen LogP) is 5.08. The van der Waals surface area contributed by atoms with Crippen LogP contribution in [-0.4, -0.2) is 11.9 Å². The zero-order valence-corrected chi connectivity index (χ0v) is 14.8. The molecule has 1 atom stereocenters. The van der Waals surface area contributed by atoms with Crippen molar-refractivity contribution in [3.8, 4) is 0 Å². The average Bonchev–Trinajstić information content (AvgIpc) is 2.45. The quantitative estimate of drug-likeness (QED) is 0.552. The molecular formula is C20H31NO. The van der Waals surface area contributed by atoms with E-state index in [1.807, 2.05) is 6.08 Å². The molecule has 1 aromatic carbocycles. The summed E-state index contributed by atoms with van der Waals surface area (Å²) in [5, 5.41) is 3.02. The summed E-state index contributed by atoms with van der Waals surface area (Å²) in [6, 6.07) is 8.63. The van der Waals surface area contributed by atoms with Gasteiger partial charge in [0.1, 0.15) is 0 Å². The van der Waals surface area contributed by atoms with Crippen molar-refractivity contribution < 1.29 is 4.79 Å². The lowest BCUT2D eigenvalue weighted by Gasteiger charge is -2.18. The number of hydrogen-bond donors (Lipinski definition) is 1. The fraction of sp³-hybridized carbons (Fsp3) is 0.550. The minimum absolute atomic E-state index is 0.0103. The smallest absolute Gasteiger partial charge is 0.244 e. The molecule has 1 N–H and O–H groups in total. The van der Waals surface area contributed by atoms with Crippen LogP contribution in [0.5, 0.6) is 0 Å². The number of hydrogen-bond acceptors (Lipinski definition) is 1. The van der Waals surface area contributed by atoms with Crippen molar-refractivity contribution in [2.75, 3.05) is 0 Å². The Kier molecular flexibility index (Phi) is 7.37. The van der Waals surface area contributed by atoms with E-state index in [-0.39, 0.29) is 17.4 Å². The summed E-state index contributed by atoms with van der Waals surface area (Å²) >= 11 is 0. The molecule has 1 unspecified atom stereocenters. The highest BCUT2D eigenvalue weighted by Gasteiger charge is 2.12. The van der Waals surface area contributed by atoms with Crippen LogP contribution in [0, 0.1) is 0 Å². The molecule has 0 fully saturated rings. The third-order valence-electron chi connectivity index (χ3n) is 3.83. The van der Waals surface area contributed by atoms with E-state index >= 15 is 0 Å². The monoisotopic (exact) mass is 301 g/mol. The largest absolute Gasteiger partial charge is 0.350 e. The molecule has 1 rings (SSSR count). The molecule has 0 saturated carbocycles. The molecule has 0 aliphatic rings. The Balaban J connectivity index is 2.48. The molecule has 0 radical (unpaired) electrons. The third kappa shape index (κ3) is 6.93. The molecule has 1 aromatic rings. The summed E-state index contributed by atoms with van der Waals surface area (Å²) in [4.78, 5) is 11.9. The second kappa shape index (κ2) is 8.77. The first-order chi connectivity index (χ1) is 10.3. The van der Waals surface area contributed by atoms with E-state index in [1.54, 1.807) is 6.08 Å². The Morgan fingerprint density at radius 3 is 2.36 bits per heavy atom. The van der Waals surface area contributed by atoms with Crippen LogP contribution in [0.25, 0.3) is 6.08 Å². The fourth-order valence-electron chi connectivity index (χ4n) is 2.33. The lowest BCUT2D eigenvalue weighted by atomic mass is 9.87. The van der Waals surface area contributed by atoms with Gasteiger partial charge in [-0.15, -0.1) is 0 Å². The highest BCUT2D eigenvalue weighted by molar-refractivity contribution is 5.91. The summed E-state index contributed by atoms with van der Waals surface area (Å²) in [5.74, 6) is -0.0103. The molecule has 0 bridgehead atoms. The second-order valence-electron chi connectivity index (χ2n) is 7.11. The Morgan fingerprint density at radius 1 is 1.18 bits per heavy atom. The third-order valence-corrected chi connectivity index (χ3v) is 3.83. The summed E-state index contributed by atoms with van der Waals surface area (Å²) < 4.78 is 0. The van der Waals surface area contributed by atoms with Gasteiger partial charge in [-0.3, -0.25) is 4.79 Å². The topological polar surface area (TPSA) is 29.1 Å². The van der Waals surface area contributed by atoms with Gasteiger partial charge in [0.25, 0.3) is 0 Å². The second-order valence-corrected chi connectivity index (χ2v) is 7.11. The predicted molar refractivity (Wildman–Crippen MR) is 95.9 cm³/mol. The zero-order chi connectivity index (χ0) is 16.6. The van der Waals surface area contributed by atoms with Gasteiger partial charge in [-0.2, -0.15) is 0 Å². The van der Waals surface area contributed by atoms with Gasteiger partial charge < -0.3 is 5.32 Å². The number of amides is 1. The Labute approximate surface area is 136 Å². The number of benzene rings is 1. The van der Waals surface area contributed by atoms with Crippen molar-refractivity contribution in [2.24, 2.45) is 0 Å². The van der Waals surface area contributed by atoms with Crippen molar-refractivity contribution in [3.05, 3.63) is 41.5 Å². The molecule has 0 aliphatic heterocycles. The van der Waals surface area contributed by atoms with Crippen molar-refractivity contribution in [2.45, 2.75) is 71.8 Å². The van der Waals surface area contributed by atoms with Gasteiger partial charge >= 0.3 is 0 Å². The van der Waals surface area contributed by atoms with Crippen LogP contribution in [0.1, 0.15) is 71.4 Å². The first-order valence-electron chi connectivity index (χ1n) is 8.42. The summed E-state index contributed by atoms with van der Waals surface area (Å²) in [6.45, 7) is 10.9. The number of nitrogens with one attached hydrogen (secondary N) is 1. The maximum absolute atomic E-state index is 11.9. The van der Waals surface area contributed by atoms with Crippen molar-refractivity contribution >= 4 is 12.0 Å². The lowest BCUT2D eigenvalue weighted by molar-refractivity contribution is -0.117. The first-order valence-corrected chi connectivity index (χ1v) is 8.42. The first kappa shape index (κ1) is 18.5. The van der Waals surface area contributed by atoms with E-state index in [4.69, 9.17) is 0 Å². The van der Waals surface area contributed by atoms with Gasteiger partial charge in [-0.1, -0.05) is 71.2 Å². The van der Waals surface area contributed by atoms with Crippen LogP contribution in [0.15, 0.2) is 30.3 Å². The van der Waals surface area contributed by atoms with Crippen LogP contribution >= 0.6 is 0 Å². The molecule has 0 aromatic heterocycles. The van der Waals surface area contributed by atoms with Crippen LogP contribution in [0.3, 0.4) is 0 Å². The highest BCUT2D eigenvalue weighted by Crippen LogP contribution is 2.22. The van der Waals surface area contributed by atoms with E-state index in [0.29, 0.717) is 0 Å². The maximum atomic E-state index is 11.9. The number of unbranched alkanes of at least 4 members (excludes halogenated alkanes) is 2.